The summed E-state index contributed by atoms with van der Waals surface area (Å²) in [6, 6.07) is 2.43. The van der Waals surface area contributed by atoms with Gasteiger partial charge in [0.05, 0.1) is 17.1 Å². The highest BCUT2D eigenvalue weighted by Gasteiger charge is 2.26. The van der Waals surface area contributed by atoms with Gasteiger partial charge in [-0.25, -0.2) is 17.6 Å². The normalized spacial score (nSPS) is 13.2. The second-order valence-corrected chi connectivity index (χ2v) is 6.50. The van der Waals surface area contributed by atoms with Crippen LogP contribution >= 0.6 is 0 Å². The SMILES string of the molecule is CCOC(=O)c1cc(F)cc(S(=O)(=O)N(C)C(C)CN)c1. The lowest BCUT2D eigenvalue weighted by Crippen LogP contribution is -2.39. The van der Waals surface area contributed by atoms with Crippen LogP contribution in [0.5, 0.6) is 0 Å². The molecule has 1 aromatic rings. The molecule has 8 heteroatoms. The van der Waals surface area contributed by atoms with Gasteiger partial charge in [0.2, 0.25) is 10.0 Å². The van der Waals surface area contributed by atoms with Gasteiger partial charge in [0.25, 0.3) is 0 Å². The van der Waals surface area contributed by atoms with Crippen LogP contribution in [0.4, 0.5) is 4.39 Å². The molecule has 6 nitrogen and oxygen atoms in total. The van der Waals surface area contributed by atoms with E-state index < -0.39 is 27.9 Å². The number of esters is 1. The van der Waals surface area contributed by atoms with Crippen molar-refractivity contribution >= 4 is 16.0 Å². The second-order valence-electron chi connectivity index (χ2n) is 4.50. The van der Waals surface area contributed by atoms with Crippen LogP contribution in [0.2, 0.25) is 0 Å². The summed E-state index contributed by atoms with van der Waals surface area (Å²) in [5.41, 5.74) is 5.29. The van der Waals surface area contributed by atoms with Crippen molar-refractivity contribution in [3.63, 3.8) is 0 Å². The van der Waals surface area contributed by atoms with Gasteiger partial charge in [0.15, 0.2) is 0 Å². The Morgan fingerprint density at radius 1 is 1.43 bits per heavy atom. The van der Waals surface area contributed by atoms with Gasteiger partial charge in [-0.15, -0.1) is 0 Å². The van der Waals surface area contributed by atoms with Crippen LogP contribution in [0, 0.1) is 5.82 Å². The number of halogens is 1. The summed E-state index contributed by atoms with van der Waals surface area (Å²) >= 11 is 0. The number of likely N-dealkylation sites (N-methyl/N-ethyl adjacent to an activating group) is 1. The second kappa shape index (κ2) is 6.97. The van der Waals surface area contributed by atoms with E-state index in [1.54, 1.807) is 13.8 Å². The van der Waals surface area contributed by atoms with Crippen molar-refractivity contribution in [3.8, 4) is 0 Å². The molecule has 0 aliphatic carbocycles. The number of hydrogen-bond acceptors (Lipinski definition) is 5. The lowest BCUT2D eigenvalue weighted by molar-refractivity contribution is 0.0525. The molecule has 0 radical (unpaired) electrons. The van der Waals surface area contributed by atoms with Crippen molar-refractivity contribution in [2.75, 3.05) is 20.2 Å². The zero-order valence-corrected chi connectivity index (χ0v) is 13.0. The van der Waals surface area contributed by atoms with Crippen LogP contribution in [0.15, 0.2) is 23.1 Å². The highest BCUT2D eigenvalue weighted by molar-refractivity contribution is 7.89. The smallest absolute Gasteiger partial charge is 0.338 e. The Bertz CT molecular complexity index is 619. The molecule has 0 amide bonds. The van der Waals surface area contributed by atoms with Crippen molar-refractivity contribution < 1.29 is 22.3 Å². The van der Waals surface area contributed by atoms with Crippen molar-refractivity contribution in [2.24, 2.45) is 5.73 Å². The number of nitrogens with zero attached hydrogens (tertiary/aromatic N) is 1. The molecule has 118 valence electrons. The maximum Gasteiger partial charge on any atom is 0.338 e. The quantitative estimate of drug-likeness (QED) is 0.789. The van der Waals surface area contributed by atoms with Gasteiger partial charge < -0.3 is 10.5 Å². The van der Waals surface area contributed by atoms with Gasteiger partial charge in [-0.1, -0.05) is 0 Å². The Kier molecular flexibility index (Phi) is 5.82. The fourth-order valence-corrected chi connectivity index (χ4v) is 3.03. The molecule has 0 spiro atoms. The molecule has 1 aromatic carbocycles. The molecule has 1 unspecified atom stereocenters. The number of sulfonamides is 1. The van der Waals surface area contributed by atoms with Crippen LogP contribution < -0.4 is 5.73 Å². The summed E-state index contributed by atoms with van der Waals surface area (Å²) < 4.78 is 44.1. The Hall–Kier alpha value is -1.51. The molecule has 0 fully saturated rings. The molecule has 0 aliphatic heterocycles. The van der Waals surface area contributed by atoms with Crippen molar-refractivity contribution in [1.29, 1.82) is 0 Å². The highest BCUT2D eigenvalue weighted by Crippen LogP contribution is 2.20. The van der Waals surface area contributed by atoms with Crippen molar-refractivity contribution in [1.82, 2.24) is 4.31 Å². The zero-order valence-electron chi connectivity index (χ0n) is 12.2. The maximum absolute atomic E-state index is 13.6. The van der Waals surface area contributed by atoms with E-state index in [4.69, 9.17) is 10.5 Å². The van der Waals surface area contributed by atoms with Crippen molar-refractivity contribution in [2.45, 2.75) is 24.8 Å². The largest absolute Gasteiger partial charge is 0.462 e. The third kappa shape index (κ3) is 3.99. The molecule has 21 heavy (non-hydrogen) atoms. The van der Waals surface area contributed by atoms with Gasteiger partial charge >= 0.3 is 5.97 Å². The summed E-state index contributed by atoms with van der Waals surface area (Å²) in [4.78, 5) is 11.3. The molecule has 0 bridgehead atoms. The third-order valence-corrected chi connectivity index (χ3v) is 4.97. The molecule has 0 saturated heterocycles. The van der Waals surface area contributed by atoms with Crippen molar-refractivity contribution in [3.05, 3.63) is 29.6 Å². The molecule has 2 N–H and O–H groups in total. The number of hydrogen-bond donors (Lipinski definition) is 1. The average Bonchev–Trinajstić information content (AvgIpc) is 2.45. The van der Waals surface area contributed by atoms with E-state index in [2.05, 4.69) is 0 Å². The molecule has 1 rings (SSSR count). The molecular weight excluding hydrogens is 299 g/mol. The lowest BCUT2D eigenvalue weighted by Gasteiger charge is -2.23. The van der Waals surface area contributed by atoms with Crippen LogP contribution in [-0.4, -0.2) is 44.9 Å². The first kappa shape index (κ1) is 17.5. The fraction of sp³-hybridized carbons (Fsp3) is 0.462. The van der Waals surface area contributed by atoms with Crippen LogP contribution in [-0.2, 0) is 14.8 Å². The zero-order chi connectivity index (χ0) is 16.2. The molecule has 1 atom stereocenters. The van der Waals surface area contributed by atoms with E-state index in [0.717, 1.165) is 22.5 Å². The number of carbonyl (C=O) groups is 1. The number of benzene rings is 1. The lowest BCUT2D eigenvalue weighted by atomic mass is 10.2. The Labute approximate surface area is 123 Å². The minimum Gasteiger partial charge on any atom is -0.462 e. The third-order valence-electron chi connectivity index (χ3n) is 3.02. The molecule has 0 aromatic heterocycles. The first-order valence-electron chi connectivity index (χ1n) is 6.39. The minimum absolute atomic E-state index is 0.113. The number of ether oxygens (including phenoxy) is 1. The Balaban J connectivity index is 3.27. The predicted octanol–water partition coefficient (Wildman–Crippen LogP) is 0.970. The van der Waals surface area contributed by atoms with E-state index in [0.29, 0.717) is 0 Å². The summed E-state index contributed by atoms with van der Waals surface area (Å²) in [6.45, 7) is 3.46. The van der Waals surface area contributed by atoms with Gasteiger partial charge in [0.1, 0.15) is 5.82 Å². The Morgan fingerprint density at radius 3 is 2.57 bits per heavy atom. The van der Waals surface area contributed by atoms with Gasteiger partial charge in [0, 0.05) is 19.6 Å². The minimum atomic E-state index is -3.94. The van der Waals surface area contributed by atoms with E-state index in [1.165, 1.54) is 7.05 Å². The molecular formula is C13H19FN2O4S. The van der Waals surface area contributed by atoms with Gasteiger partial charge in [-0.2, -0.15) is 4.31 Å². The van der Waals surface area contributed by atoms with E-state index in [-0.39, 0.29) is 23.6 Å². The predicted molar refractivity (Wildman–Crippen MR) is 75.8 cm³/mol. The summed E-state index contributed by atoms with van der Waals surface area (Å²) in [7, 11) is -2.59. The van der Waals surface area contributed by atoms with E-state index >= 15 is 0 Å². The number of carbonyl (C=O) groups excluding carboxylic acids is 1. The maximum atomic E-state index is 13.6. The van der Waals surface area contributed by atoms with E-state index in [9.17, 15) is 17.6 Å². The van der Waals surface area contributed by atoms with Gasteiger partial charge in [-0.05, 0) is 32.0 Å². The summed E-state index contributed by atoms with van der Waals surface area (Å²) in [5, 5.41) is 0. The van der Waals surface area contributed by atoms with E-state index in [1.807, 2.05) is 0 Å². The first-order chi connectivity index (χ1) is 9.73. The molecule has 0 heterocycles. The van der Waals surface area contributed by atoms with Gasteiger partial charge in [-0.3, -0.25) is 0 Å². The number of rotatable bonds is 6. The number of nitrogens with two attached hydrogens (primary N) is 1. The average molecular weight is 318 g/mol. The van der Waals surface area contributed by atoms with Crippen LogP contribution in [0.3, 0.4) is 0 Å². The standard InChI is InChI=1S/C13H19FN2O4S/c1-4-20-13(17)10-5-11(14)7-12(6-10)21(18,19)16(3)9(2)8-15/h5-7,9H,4,8,15H2,1-3H3. The topological polar surface area (TPSA) is 89.7 Å². The first-order valence-corrected chi connectivity index (χ1v) is 7.83. The summed E-state index contributed by atoms with van der Waals surface area (Å²) in [6.07, 6.45) is 0. The highest BCUT2D eigenvalue weighted by atomic mass is 32.2. The monoisotopic (exact) mass is 318 g/mol. The molecule has 0 aliphatic rings. The van der Waals surface area contributed by atoms with Crippen LogP contribution in [0.25, 0.3) is 0 Å². The summed E-state index contributed by atoms with van der Waals surface area (Å²) in [5.74, 6) is -1.60. The fourth-order valence-electron chi connectivity index (χ4n) is 1.60. The van der Waals surface area contributed by atoms with Crippen LogP contribution in [0.1, 0.15) is 24.2 Å². The Morgan fingerprint density at radius 2 is 2.05 bits per heavy atom. The molecule has 0 saturated carbocycles.